The summed E-state index contributed by atoms with van der Waals surface area (Å²) in [7, 11) is 1.59. The van der Waals surface area contributed by atoms with E-state index in [1.165, 1.54) is 0 Å². The Morgan fingerprint density at radius 3 is 2.30 bits per heavy atom. The predicted octanol–water partition coefficient (Wildman–Crippen LogP) is 3.24. The molecule has 6 heteroatoms. The molecular formula is C24H28N2O4. The van der Waals surface area contributed by atoms with Crippen LogP contribution in [0.5, 0.6) is 5.75 Å². The van der Waals surface area contributed by atoms with Crippen LogP contribution in [-0.2, 0) is 4.79 Å². The summed E-state index contributed by atoms with van der Waals surface area (Å²) in [5.74, 6) is 0.342. The zero-order valence-electron chi connectivity index (χ0n) is 17.7. The molecule has 2 aromatic rings. The fraction of sp³-hybridized carbons (Fsp3) is 0.375. The first kappa shape index (κ1) is 21.6. The van der Waals surface area contributed by atoms with Crippen molar-refractivity contribution in [3.05, 3.63) is 65.2 Å². The molecule has 1 fully saturated rings. The summed E-state index contributed by atoms with van der Waals surface area (Å²) >= 11 is 0. The Bertz CT molecular complexity index is 915. The molecule has 2 amide bonds. The van der Waals surface area contributed by atoms with E-state index in [1.807, 2.05) is 19.1 Å². The molecule has 6 nitrogen and oxygen atoms in total. The van der Waals surface area contributed by atoms with E-state index >= 15 is 0 Å². The quantitative estimate of drug-likeness (QED) is 0.745. The van der Waals surface area contributed by atoms with E-state index in [-0.39, 0.29) is 23.5 Å². The van der Waals surface area contributed by atoms with Gasteiger partial charge in [-0.3, -0.25) is 14.4 Å². The third-order valence-electron chi connectivity index (χ3n) is 5.55. The van der Waals surface area contributed by atoms with E-state index in [2.05, 4.69) is 5.32 Å². The van der Waals surface area contributed by atoms with Crippen LogP contribution in [0, 0.1) is 12.8 Å². The summed E-state index contributed by atoms with van der Waals surface area (Å²) in [5, 5.41) is 2.78. The van der Waals surface area contributed by atoms with Gasteiger partial charge in [0.15, 0.2) is 5.78 Å². The van der Waals surface area contributed by atoms with Gasteiger partial charge in [-0.25, -0.2) is 0 Å². The summed E-state index contributed by atoms with van der Waals surface area (Å²) in [6.45, 7) is 4.64. The molecule has 30 heavy (non-hydrogen) atoms. The molecule has 0 radical (unpaired) electrons. The Balaban J connectivity index is 1.52. The molecule has 1 aliphatic heterocycles. The lowest BCUT2D eigenvalue weighted by Crippen LogP contribution is -2.49. The summed E-state index contributed by atoms with van der Waals surface area (Å²) < 4.78 is 5.13. The van der Waals surface area contributed by atoms with Crippen molar-refractivity contribution in [2.24, 2.45) is 5.92 Å². The molecular weight excluding hydrogens is 380 g/mol. The summed E-state index contributed by atoms with van der Waals surface area (Å²) in [6.07, 6.45) is 1.24. The number of carbonyl (C=O) groups is 3. The molecule has 0 saturated carbocycles. The van der Waals surface area contributed by atoms with Crippen LogP contribution >= 0.6 is 0 Å². The third kappa shape index (κ3) is 5.06. The third-order valence-corrected chi connectivity index (χ3v) is 5.55. The highest BCUT2D eigenvalue weighted by atomic mass is 16.5. The largest absolute Gasteiger partial charge is 0.497 e. The van der Waals surface area contributed by atoms with Crippen molar-refractivity contribution in [1.82, 2.24) is 10.2 Å². The van der Waals surface area contributed by atoms with Crippen molar-refractivity contribution >= 4 is 17.6 Å². The van der Waals surface area contributed by atoms with E-state index in [0.717, 1.165) is 5.56 Å². The van der Waals surface area contributed by atoms with Gasteiger partial charge in [0, 0.05) is 30.1 Å². The average molecular weight is 408 g/mol. The van der Waals surface area contributed by atoms with Gasteiger partial charge in [0.25, 0.3) is 5.91 Å². The average Bonchev–Trinajstić information content (AvgIpc) is 2.78. The maximum absolute atomic E-state index is 12.8. The van der Waals surface area contributed by atoms with Crippen LogP contribution in [0.3, 0.4) is 0 Å². The van der Waals surface area contributed by atoms with E-state index in [9.17, 15) is 14.4 Å². The number of Topliss-reactive ketones (excluding diaryl/α,β-unsaturated/α-hetero) is 1. The summed E-state index contributed by atoms with van der Waals surface area (Å²) in [4.78, 5) is 39.6. The lowest BCUT2D eigenvalue weighted by atomic mass is 9.88. The SMILES string of the molecule is COc1ccc(C(=O)C2CCN(C(=O)C(C)NC(=O)c3cccc(C)c3)CC2)cc1. The van der Waals surface area contributed by atoms with Crippen LogP contribution in [0.15, 0.2) is 48.5 Å². The number of rotatable bonds is 6. The van der Waals surface area contributed by atoms with Gasteiger partial charge in [0.2, 0.25) is 5.91 Å². The van der Waals surface area contributed by atoms with E-state index in [1.54, 1.807) is 55.3 Å². The molecule has 1 aliphatic rings. The van der Waals surface area contributed by atoms with Gasteiger partial charge in [-0.15, -0.1) is 0 Å². The second kappa shape index (κ2) is 9.57. The first-order valence-electron chi connectivity index (χ1n) is 10.2. The summed E-state index contributed by atoms with van der Waals surface area (Å²) in [6, 6.07) is 13.8. The number of piperidine rings is 1. The number of ketones is 1. The van der Waals surface area contributed by atoms with Crippen molar-refractivity contribution in [3.63, 3.8) is 0 Å². The Hall–Kier alpha value is -3.15. The fourth-order valence-electron chi connectivity index (χ4n) is 3.75. The Morgan fingerprint density at radius 1 is 1.03 bits per heavy atom. The molecule has 1 atom stereocenters. The molecule has 0 aromatic heterocycles. The van der Waals surface area contributed by atoms with Crippen LogP contribution in [0.1, 0.15) is 46.0 Å². The Labute approximate surface area is 177 Å². The molecule has 3 rings (SSSR count). The number of carbonyl (C=O) groups excluding carboxylic acids is 3. The minimum atomic E-state index is -0.619. The highest BCUT2D eigenvalue weighted by Crippen LogP contribution is 2.23. The molecule has 0 spiro atoms. The van der Waals surface area contributed by atoms with Gasteiger partial charge >= 0.3 is 0 Å². The molecule has 1 N–H and O–H groups in total. The lowest BCUT2D eigenvalue weighted by molar-refractivity contribution is -0.134. The first-order chi connectivity index (χ1) is 14.4. The fourth-order valence-corrected chi connectivity index (χ4v) is 3.75. The monoisotopic (exact) mass is 408 g/mol. The zero-order chi connectivity index (χ0) is 21.7. The molecule has 0 aliphatic carbocycles. The Kier molecular flexibility index (Phi) is 6.87. The van der Waals surface area contributed by atoms with Crippen molar-refractivity contribution in [2.45, 2.75) is 32.7 Å². The lowest BCUT2D eigenvalue weighted by Gasteiger charge is -2.33. The number of aryl methyl sites for hydroxylation is 1. The van der Waals surface area contributed by atoms with Gasteiger partial charge in [0.05, 0.1) is 7.11 Å². The molecule has 158 valence electrons. The molecule has 0 bridgehead atoms. The number of nitrogens with zero attached hydrogens (tertiary/aromatic N) is 1. The second-order valence-electron chi connectivity index (χ2n) is 7.76. The molecule has 1 saturated heterocycles. The number of nitrogens with one attached hydrogen (secondary N) is 1. The minimum Gasteiger partial charge on any atom is -0.497 e. The second-order valence-corrected chi connectivity index (χ2v) is 7.76. The van der Waals surface area contributed by atoms with Crippen LogP contribution in [-0.4, -0.2) is 48.7 Å². The standard InChI is InChI=1S/C24H28N2O4/c1-16-5-4-6-20(15-16)23(28)25-17(2)24(29)26-13-11-19(12-14-26)22(27)18-7-9-21(30-3)10-8-18/h4-10,15,17,19H,11-14H2,1-3H3,(H,25,28). The number of ether oxygens (including phenoxy) is 1. The number of methoxy groups -OCH3 is 1. The van der Waals surface area contributed by atoms with Crippen molar-refractivity contribution in [3.8, 4) is 5.75 Å². The van der Waals surface area contributed by atoms with Gasteiger partial charge in [-0.2, -0.15) is 0 Å². The number of hydrogen-bond acceptors (Lipinski definition) is 4. The maximum Gasteiger partial charge on any atom is 0.251 e. The van der Waals surface area contributed by atoms with Crippen molar-refractivity contribution in [1.29, 1.82) is 0 Å². The van der Waals surface area contributed by atoms with Crippen LogP contribution in [0.2, 0.25) is 0 Å². The first-order valence-corrected chi connectivity index (χ1v) is 10.2. The normalized spacial score (nSPS) is 15.4. The highest BCUT2D eigenvalue weighted by Gasteiger charge is 2.30. The van der Waals surface area contributed by atoms with Crippen molar-refractivity contribution < 1.29 is 19.1 Å². The zero-order valence-corrected chi connectivity index (χ0v) is 17.7. The molecule has 1 heterocycles. The minimum absolute atomic E-state index is 0.0976. The van der Waals surface area contributed by atoms with E-state index in [4.69, 9.17) is 4.74 Å². The van der Waals surface area contributed by atoms with Crippen LogP contribution < -0.4 is 10.1 Å². The molecule has 1 unspecified atom stereocenters. The Morgan fingerprint density at radius 2 is 1.70 bits per heavy atom. The van der Waals surface area contributed by atoms with Crippen LogP contribution in [0.4, 0.5) is 0 Å². The van der Waals surface area contributed by atoms with Gasteiger partial charge in [0.1, 0.15) is 11.8 Å². The van der Waals surface area contributed by atoms with E-state index < -0.39 is 6.04 Å². The van der Waals surface area contributed by atoms with Gasteiger partial charge in [-0.05, 0) is 63.1 Å². The number of amides is 2. The van der Waals surface area contributed by atoms with Gasteiger partial charge in [-0.1, -0.05) is 17.7 Å². The highest BCUT2D eigenvalue weighted by molar-refractivity contribution is 5.99. The van der Waals surface area contributed by atoms with Crippen molar-refractivity contribution in [2.75, 3.05) is 20.2 Å². The number of benzene rings is 2. The topological polar surface area (TPSA) is 75.7 Å². The summed E-state index contributed by atoms with van der Waals surface area (Å²) in [5.41, 5.74) is 2.20. The maximum atomic E-state index is 12.8. The van der Waals surface area contributed by atoms with Crippen LogP contribution in [0.25, 0.3) is 0 Å². The van der Waals surface area contributed by atoms with E-state index in [0.29, 0.717) is 42.8 Å². The predicted molar refractivity (Wildman–Crippen MR) is 115 cm³/mol. The molecule has 2 aromatic carbocycles. The van der Waals surface area contributed by atoms with Gasteiger partial charge < -0.3 is 15.0 Å². The smallest absolute Gasteiger partial charge is 0.251 e. The number of likely N-dealkylation sites (tertiary alicyclic amines) is 1. The number of hydrogen-bond donors (Lipinski definition) is 1.